The van der Waals surface area contributed by atoms with Crippen molar-refractivity contribution in [2.75, 3.05) is 32.6 Å². The highest BCUT2D eigenvalue weighted by Gasteiger charge is 2.03. The van der Waals surface area contributed by atoms with Gasteiger partial charge in [-0.1, -0.05) is 12.2 Å². The van der Waals surface area contributed by atoms with Crippen LogP contribution in [0.1, 0.15) is 0 Å². The molecule has 0 aliphatic rings. The Kier molecular flexibility index (Phi) is 5.07. The average Bonchev–Trinajstić information content (AvgIpc) is 2.34. The van der Waals surface area contributed by atoms with Crippen LogP contribution in [0.4, 0.5) is 5.95 Å². The summed E-state index contributed by atoms with van der Waals surface area (Å²) in [6.07, 6.45) is 3.75. The molecule has 0 aromatic carbocycles. The smallest absolute Gasteiger partial charge is 0.229 e. The maximum Gasteiger partial charge on any atom is 0.229 e. The largest absolute Gasteiger partial charge is 0.481 e. The van der Waals surface area contributed by atoms with E-state index in [1.54, 1.807) is 20.3 Å². The number of hydrogen-bond donors (Lipinski definition) is 2. The lowest BCUT2D eigenvalue weighted by molar-refractivity contribution is 0.373. The highest BCUT2D eigenvalue weighted by Crippen LogP contribution is 2.16. The predicted molar refractivity (Wildman–Crippen MR) is 61.8 cm³/mol. The van der Waals surface area contributed by atoms with Crippen LogP contribution in [-0.2, 0) is 0 Å². The number of rotatable bonds is 6. The molecule has 0 saturated carbocycles. The Morgan fingerprint density at radius 2 is 1.88 bits per heavy atom. The van der Waals surface area contributed by atoms with Gasteiger partial charge in [0, 0.05) is 13.1 Å². The second kappa shape index (κ2) is 6.62. The van der Waals surface area contributed by atoms with E-state index >= 15 is 0 Å². The molecule has 3 N–H and O–H groups in total. The SMILES string of the molecule is COc1cc(OC)nc(NC/C=C/CN)n1. The van der Waals surface area contributed by atoms with E-state index in [0.717, 1.165) is 0 Å². The minimum atomic E-state index is 0.456. The average molecular weight is 224 g/mol. The molecule has 0 amide bonds. The molecule has 0 aliphatic carbocycles. The van der Waals surface area contributed by atoms with Crippen LogP contribution in [0, 0.1) is 0 Å². The Morgan fingerprint density at radius 1 is 1.25 bits per heavy atom. The lowest BCUT2D eigenvalue weighted by Gasteiger charge is -2.06. The molecule has 6 nitrogen and oxygen atoms in total. The Labute approximate surface area is 94.5 Å². The predicted octanol–water partition coefficient (Wildman–Crippen LogP) is 0.421. The third-order valence-corrected chi connectivity index (χ3v) is 1.78. The molecule has 0 bridgehead atoms. The van der Waals surface area contributed by atoms with Gasteiger partial charge in [-0.3, -0.25) is 0 Å². The zero-order chi connectivity index (χ0) is 11.8. The first-order valence-corrected chi connectivity index (χ1v) is 4.86. The molecule has 1 rings (SSSR count). The van der Waals surface area contributed by atoms with Gasteiger partial charge in [-0.25, -0.2) is 0 Å². The van der Waals surface area contributed by atoms with Crippen LogP contribution < -0.4 is 20.5 Å². The molecule has 1 heterocycles. The summed E-state index contributed by atoms with van der Waals surface area (Å²) in [6, 6.07) is 1.61. The molecule has 0 atom stereocenters. The molecule has 0 spiro atoms. The summed E-state index contributed by atoms with van der Waals surface area (Å²) in [6.45, 7) is 1.12. The lowest BCUT2D eigenvalue weighted by atomic mass is 10.5. The van der Waals surface area contributed by atoms with E-state index in [1.807, 2.05) is 12.2 Å². The van der Waals surface area contributed by atoms with Gasteiger partial charge < -0.3 is 20.5 Å². The maximum absolute atomic E-state index is 5.31. The monoisotopic (exact) mass is 224 g/mol. The molecule has 0 aliphatic heterocycles. The molecule has 0 fully saturated rings. The van der Waals surface area contributed by atoms with E-state index in [-0.39, 0.29) is 0 Å². The summed E-state index contributed by atoms with van der Waals surface area (Å²) >= 11 is 0. The molecule has 0 radical (unpaired) electrons. The van der Waals surface area contributed by atoms with Gasteiger partial charge in [0.1, 0.15) is 0 Å². The van der Waals surface area contributed by atoms with Gasteiger partial charge in [0.05, 0.1) is 20.3 Å². The number of aromatic nitrogens is 2. The summed E-state index contributed by atoms with van der Waals surface area (Å²) in [5, 5.41) is 3.00. The van der Waals surface area contributed by atoms with E-state index in [1.165, 1.54) is 0 Å². The van der Waals surface area contributed by atoms with Crippen LogP contribution in [0.3, 0.4) is 0 Å². The van der Waals surface area contributed by atoms with Crippen LogP contribution in [0.2, 0.25) is 0 Å². The summed E-state index contributed by atoms with van der Waals surface area (Å²) < 4.78 is 10.0. The van der Waals surface area contributed by atoms with Crippen LogP contribution in [0.15, 0.2) is 18.2 Å². The first-order chi connectivity index (χ1) is 7.80. The van der Waals surface area contributed by atoms with E-state index in [9.17, 15) is 0 Å². The summed E-state index contributed by atoms with van der Waals surface area (Å²) in [4.78, 5) is 8.22. The third-order valence-electron chi connectivity index (χ3n) is 1.78. The Hall–Kier alpha value is -1.82. The van der Waals surface area contributed by atoms with Crippen molar-refractivity contribution in [2.24, 2.45) is 5.73 Å². The minimum absolute atomic E-state index is 0.456. The Balaban J connectivity index is 2.67. The number of nitrogens with one attached hydrogen (secondary N) is 1. The number of anilines is 1. The van der Waals surface area contributed by atoms with Gasteiger partial charge in [0.25, 0.3) is 0 Å². The fourth-order valence-corrected chi connectivity index (χ4v) is 1.02. The lowest BCUT2D eigenvalue weighted by Crippen LogP contribution is -2.05. The van der Waals surface area contributed by atoms with Gasteiger partial charge in [-0.2, -0.15) is 9.97 Å². The number of nitrogens with zero attached hydrogens (tertiary/aromatic N) is 2. The molecule has 1 aromatic rings. The summed E-state index contributed by atoms with van der Waals surface area (Å²) in [7, 11) is 3.08. The van der Waals surface area contributed by atoms with Crippen LogP contribution in [-0.4, -0.2) is 37.3 Å². The number of ether oxygens (including phenoxy) is 2. The number of methoxy groups -OCH3 is 2. The van der Waals surface area contributed by atoms with E-state index in [2.05, 4.69) is 15.3 Å². The van der Waals surface area contributed by atoms with Crippen molar-refractivity contribution in [3.05, 3.63) is 18.2 Å². The van der Waals surface area contributed by atoms with Gasteiger partial charge in [0.2, 0.25) is 17.7 Å². The third kappa shape index (κ3) is 3.74. The van der Waals surface area contributed by atoms with Crippen molar-refractivity contribution in [1.82, 2.24) is 9.97 Å². The fraction of sp³-hybridized carbons (Fsp3) is 0.400. The van der Waals surface area contributed by atoms with E-state index in [0.29, 0.717) is 30.8 Å². The van der Waals surface area contributed by atoms with Crippen molar-refractivity contribution in [3.63, 3.8) is 0 Å². The maximum atomic E-state index is 5.31. The zero-order valence-electron chi connectivity index (χ0n) is 9.43. The molecule has 1 aromatic heterocycles. The van der Waals surface area contributed by atoms with Gasteiger partial charge in [0.15, 0.2) is 0 Å². The van der Waals surface area contributed by atoms with Crippen molar-refractivity contribution in [1.29, 1.82) is 0 Å². The molecular weight excluding hydrogens is 208 g/mol. The van der Waals surface area contributed by atoms with Crippen molar-refractivity contribution in [2.45, 2.75) is 0 Å². The van der Waals surface area contributed by atoms with Crippen molar-refractivity contribution in [3.8, 4) is 11.8 Å². The molecule has 88 valence electrons. The highest BCUT2D eigenvalue weighted by atomic mass is 16.5. The quantitative estimate of drug-likeness (QED) is 0.681. The van der Waals surface area contributed by atoms with E-state index < -0.39 is 0 Å². The molecule has 0 unspecified atom stereocenters. The number of hydrogen-bond acceptors (Lipinski definition) is 6. The van der Waals surface area contributed by atoms with Crippen LogP contribution in [0.25, 0.3) is 0 Å². The second-order valence-electron chi connectivity index (χ2n) is 2.86. The van der Waals surface area contributed by atoms with Crippen molar-refractivity contribution >= 4 is 5.95 Å². The van der Waals surface area contributed by atoms with Crippen LogP contribution in [0.5, 0.6) is 11.8 Å². The first kappa shape index (κ1) is 12.3. The molecule has 0 saturated heterocycles. The second-order valence-corrected chi connectivity index (χ2v) is 2.86. The van der Waals surface area contributed by atoms with Gasteiger partial charge in [-0.15, -0.1) is 0 Å². The van der Waals surface area contributed by atoms with Crippen molar-refractivity contribution < 1.29 is 9.47 Å². The normalized spacial score (nSPS) is 10.4. The first-order valence-electron chi connectivity index (χ1n) is 4.86. The molecule has 6 heteroatoms. The standard InChI is InChI=1S/C10H16N4O2/c1-15-8-7-9(16-2)14-10(13-8)12-6-4-3-5-11/h3-4,7H,5-6,11H2,1-2H3,(H,12,13,14)/b4-3+. The minimum Gasteiger partial charge on any atom is -0.481 e. The van der Waals surface area contributed by atoms with Gasteiger partial charge in [-0.05, 0) is 0 Å². The Bertz CT molecular complexity index is 332. The van der Waals surface area contributed by atoms with E-state index in [4.69, 9.17) is 15.2 Å². The fourth-order valence-electron chi connectivity index (χ4n) is 1.02. The zero-order valence-corrected chi connectivity index (χ0v) is 9.43. The summed E-state index contributed by atoms with van der Waals surface area (Å²) in [5.74, 6) is 1.37. The highest BCUT2D eigenvalue weighted by molar-refractivity contribution is 5.34. The summed E-state index contributed by atoms with van der Waals surface area (Å²) in [5.41, 5.74) is 5.31. The Morgan fingerprint density at radius 3 is 2.38 bits per heavy atom. The number of nitrogens with two attached hydrogens (primary N) is 1. The molecular formula is C10H16N4O2. The topological polar surface area (TPSA) is 82.3 Å². The molecule has 16 heavy (non-hydrogen) atoms. The van der Waals surface area contributed by atoms with Crippen LogP contribution >= 0.6 is 0 Å². The van der Waals surface area contributed by atoms with Gasteiger partial charge >= 0.3 is 0 Å².